The van der Waals surface area contributed by atoms with E-state index in [1.807, 2.05) is 0 Å². The second-order valence-electron chi connectivity index (χ2n) is 4.90. The van der Waals surface area contributed by atoms with Crippen LogP contribution in [0.2, 0.25) is 0 Å². The van der Waals surface area contributed by atoms with E-state index in [1.54, 1.807) is 4.90 Å². The average Bonchev–Trinajstić information content (AvgIpc) is 2.97. The van der Waals surface area contributed by atoms with Crippen molar-refractivity contribution in [1.82, 2.24) is 4.90 Å². The normalized spacial score (nSPS) is 27.3. The van der Waals surface area contributed by atoms with Crippen molar-refractivity contribution in [2.75, 3.05) is 33.4 Å². The van der Waals surface area contributed by atoms with Gasteiger partial charge in [0.05, 0.1) is 26.4 Å². The fourth-order valence-electron chi connectivity index (χ4n) is 2.46. The summed E-state index contributed by atoms with van der Waals surface area (Å²) >= 11 is 0. The summed E-state index contributed by atoms with van der Waals surface area (Å²) in [4.78, 5) is 25.2. The van der Waals surface area contributed by atoms with Crippen molar-refractivity contribution < 1.29 is 23.8 Å². The Balaban J connectivity index is 1.76. The van der Waals surface area contributed by atoms with Crippen molar-refractivity contribution in [3.8, 4) is 0 Å². The number of ether oxygens (including phenoxy) is 3. The number of rotatable bonds is 4. The van der Waals surface area contributed by atoms with E-state index >= 15 is 0 Å². The van der Waals surface area contributed by atoms with E-state index in [-0.39, 0.29) is 18.6 Å². The first-order chi connectivity index (χ1) is 9.20. The molecule has 6 nitrogen and oxygen atoms in total. The minimum Gasteiger partial charge on any atom is -0.467 e. The fraction of sp³-hybridized carbons (Fsp3) is 0.846. The van der Waals surface area contributed by atoms with Gasteiger partial charge in [0.15, 0.2) is 6.10 Å². The van der Waals surface area contributed by atoms with Crippen LogP contribution in [0.25, 0.3) is 0 Å². The maximum absolute atomic E-state index is 12.1. The first kappa shape index (κ1) is 14.3. The third kappa shape index (κ3) is 3.91. The lowest BCUT2D eigenvalue weighted by Gasteiger charge is -2.31. The SMILES string of the molecule is COC(=O)C1CN(C(=O)CCC2CCCO2)CCO1. The molecule has 2 fully saturated rings. The Labute approximate surface area is 113 Å². The number of morpholine rings is 1. The average molecular weight is 271 g/mol. The number of esters is 1. The molecule has 2 rings (SSSR count). The summed E-state index contributed by atoms with van der Waals surface area (Å²) in [5.74, 6) is -0.357. The van der Waals surface area contributed by atoms with Crippen LogP contribution in [-0.2, 0) is 23.8 Å². The molecule has 2 unspecified atom stereocenters. The van der Waals surface area contributed by atoms with Crippen molar-refractivity contribution >= 4 is 11.9 Å². The molecular weight excluding hydrogens is 250 g/mol. The first-order valence-electron chi connectivity index (χ1n) is 6.79. The Morgan fingerprint density at radius 2 is 2.16 bits per heavy atom. The van der Waals surface area contributed by atoms with E-state index in [4.69, 9.17) is 9.47 Å². The Kier molecular flexibility index (Phi) is 5.15. The van der Waals surface area contributed by atoms with Crippen molar-refractivity contribution in [3.63, 3.8) is 0 Å². The van der Waals surface area contributed by atoms with Crippen LogP contribution in [0, 0.1) is 0 Å². The minimum atomic E-state index is -0.648. The summed E-state index contributed by atoms with van der Waals surface area (Å²) in [6, 6.07) is 0. The van der Waals surface area contributed by atoms with Gasteiger partial charge in [-0.1, -0.05) is 0 Å². The zero-order valence-corrected chi connectivity index (χ0v) is 11.3. The second kappa shape index (κ2) is 6.86. The highest BCUT2D eigenvalue weighted by Gasteiger charge is 2.30. The van der Waals surface area contributed by atoms with Gasteiger partial charge < -0.3 is 19.1 Å². The van der Waals surface area contributed by atoms with Crippen molar-refractivity contribution in [2.45, 2.75) is 37.9 Å². The lowest BCUT2D eigenvalue weighted by molar-refractivity contribution is -0.162. The lowest BCUT2D eigenvalue weighted by Crippen LogP contribution is -2.49. The van der Waals surface area contributed by atoms with Gasteiger partial charge in [-0.05, 0) is 19.3 Å². The highest BCUT2D eigenvalue weighted by Crippen LogP contribution is 2.18. The Hall–Kier alpha value is -1.14. The van der Waals surface area contributed by atoms with Gasteiger partial charge >= 0.3 is 5.97 Å². The molecule has 0 spiro atoms. The molecule has 2 atom stereocenters. The zero-order valence-electron chi connectivity index (χ0n) is 11.3. The second-order valence-corrected chi connectivity index (χ2v) is 4.90. The van der Waals surface area contributed by atoms with Crippen LogP contribution < -0.4 is 0 Å². The van der Waals surface area contributed by atoms with Crippen LogP contribution in [0.4, 0.5) is 0 Å². The highest BCUT2D eigenvalue weighted by molar-refractivity contribution is 5.79. The number of hydrogen-bond donors (Lipinski definition) is 0. The molecule has 19 heavy (non-hydrogen) atoms. The molecule has 1 amide bonds. The minimum absolute atomic E-state index is 0.0627. The maximum atomic E-state index is 12.1. The van der Waals surface area contributed by atoms with Crippen molar-refractivity contribution in [2.24, 2.45) is 0 Å². The predicted molar refractivity (Wildman–Crippen MR) is 66.5 cm³/mol. The molecule has 2 heterocycles. The first-order valence-corrected chi connectivity index (χ1v) is 6.79. The van der Waals surface area contributed by atoms with Gasteiger partial charge in [-0.3, -0.25) is 4.79 Å². The van der Waals surface area contributed by atoms with Gasteiger partial charge in [0.1, 0.15) is 0 Å². The molecular formula is C13H21NO5. The molecule has 0 N–H and O–H groups in total. The van der Waals surface area contributed by atoms with E-state index in [0.717, 1.165) is 25.9 Å². The maximum Gasteiger partial charge on any atom is 0.336 e. The van der Waals surface area contributed by atoms with Crippen LogP contribution in [0.15, 0.2) is 0 Å². The third-order valence-corrected chi connectivity index (χ3v) is 3.59. The number of hydrogen-bond acceptors (Lipinski definition) is 5. The largest absolute Gasteiger partial charge is 0.467 e. The van der Waals surface area contributed by atoms with Crippen LogP contribution >= 0.6 is 0 Å². The van der Waals surface area contributed by atoms with Crippen LogP contribution in [0.3, 0.4) is 0 Å². The van der Waals surface area contributed by atoms with E-state index in [9.17, 15) is 9.59 Å². The van der Waals surface area contributed by atoms with Crippen molar-refractivity contribution in [1.29, 1.82) is 0 Å². The Bertz CT molecular complexity index is 327. The molecule has 0 radical (unpaired) electrons. The predicted octanol–water partition coefficient (Wildman–Crippen LogP) is 0.346. The van der Waals surface area contributed by atoms with Crippen LogP contribution in [-0.4, -0.2) is 62.4 Å². The molecule has 0 bridgehead atoms. The summed E-state index contributed by atoms with van der Waals surface area (Å²) in [6.45, 7) is 2.02. The highest BCUT2D eigenvalue weighted by atomic mass is 16.6. The topological polar surface area (TPSA) is 65.1 Å². The summed E-state index contributed by atoms with van der Waals surface area (Å²) in [5.41, 5.74) is 0. The number of carbonyl (C=O) groups is 2. The molecule has 0 saturated carbocycles. The van der Waals surface area contributed by atoms with Crippen LogP contribution in [0.1, 0.15) is 25.7 Å². The standard InChI is InChI=1S/C13H21NO5/c1-17-13(16)11-9-14(6-8-19-11)12(15)5-4-10-3-2-7-18-10/h10-11H,2-9H2,1H3. The zero-order chi connectivity index (χ0) is 13.7. The van der Waals surface area contributed by atoms with Gasteiger partial charge in [-0.25, -0.2) is 4.79 Å². The van der Waals surface area contributed by atoms with E-state index in [1.165, 1.54) is 7.11 Å². The summed E-state index contributed by atoms with van der Waals surface area (Å²) in [7, 11) is 1.32. The molecule has 2 aliphatic rings. The van der Waals surface area contributed by atoms with Gasteiger partial charge in [0.2, 0.25) is 5.91 Å². The van der Waals surface area contributed by atoms with E-state index in [2.05, 4.69) is 4.74 Å². The summed E-state index contributed by atoms with van der Waals surface area (Å²) < 4.78 is 15.4. The number of carbonyl (C=O) groups excluding carboxylic acids is 2. The smallest absolute Gasteiger partial charge is 0.336 e. The lowest BCUT2D eigenvalue weighted by atomic mass is 10.1. The molecule has 2 aliphatic heterocycles. The Morgan fingerprint density at radius 1 is 1.32 bits per heavy atom. The third-order valence-electron chi connectivity index (χ3n) is 3.59. The quantitative estimate of drug-likeness (QED) is 0.690. The molecule has 0 aliphatic carbocycles. The fourth-order valence-corrected chi connectivity index (χ4v) is 2.46. The number of nitrogens with zero attached hydrogens (tertiary/aromatic N) is 1. The monoisotopic (exact) mass is 271 g/mol. The molecule has 0 aromatic rings. The number of methoxy groups -OCH3 is 1. The van der Waals surface area contributed by atoms with Gasteiger partial charge in [-0.15, -0.1) is 0 Å². The molecule has 108 valence electrons. The summed E-state index contributed by atoms with van der Waals surface area (Å²) in [6.07, 6.45) is 2.94. The van der Waals surface area contributed by atoms with Gasteiger partial charge in [-0.2, -0.15) is 0 Å². The molecule has 0 aromatic heterocycles. The molecule has 6 heteroatoms. The Morgan fingerprint density at radius 3 is 2.84 bits per heavy atom. The summed E-state index contributed by atoms with van der Waals surface area (Å²) in [5, 5.41) is 0. The van der Waals surface area contributed by atoms with Crippen molar-refractivity contribution in [3.05, 3.63) is 0 Å². The van der Waals surface area contributed by atoms with Gasteiger partial charge in [0.25, 0.3) is 0 Å². The van der Waals surface area contributed by atoms with E-state index < -0.39 is 12.1 Å². The van der Waals surface area contributed by atoms with E-state index in [0.29, 0.717) is 19.6 Å². The number of amides is 1. The van der Waals surface area contributed by atoms with Gasteiger partial charge in [0, 0.05) is 19.6 Å². The van der Waals surface area contributed by atoms with Crippen LogP contribution in [0.5, 0.6) is 0 Å². The molecule has 2 saturated heterocycles. The molecule has 0 aromatic carbocycles.